The van der Waals surface area contributed by atoms with Gasteiger partial charge in [-0.2, -0.15) is 5.10 Å². The van der Waals surface area contributed by atoms with Crippen LogP contribution in [0.4, 0.5) is 0 Å². The molecule has 0 radical (unpaired) electrons. The van der Waals surface area contributed by atoms with Gasteiger partial charge in [-0.15, -0.1) is 0 Å². The summed E-state index contributed by atoms with van der Waals surface area (Å²) in [5, 5.41) is 41.5. The van der Waals surface area contributed by atoms with Crippen molar-refractivity contribution in [3.63, 3.8) is 0 Å². The van der Waals surface area contributed by atoms with Gasteiger partial charge in [-0.25, -0.2) is 5.43 Å². The Hall–Kier alpha value is -3.22. The molecule has 0 bridgehead atoms. The first kappa shape index (κ1) is 15.2. The van der Waals surface area contributed by atoms with Crippen LogP contribution in [0.2, 0.25) is 0 Å². The van der Waals surface area contributed by atoms with E-state index in [1.807, 2.05) is 0 Å². The van der Waals surface area contributed by atoms with E-state index in [1.54, 1.807) is 25.1 Å². The molecule has 2 aromatic carbocycles. The van der Waals surface area contributed by atoms with Gasteiger partial charge >= 0.3 is 0 Å². The monoisotopic (exact) mass is 302 g/mol. The zero-order valence-electron chi connectivity index (χ0n) is 11.6. The predicted molar refractivity (Wildman–Crippen MR) is 79.2 cm³/mol. The van der Waals surface area contributed by atoms with Crippen LogP contribution >= 0.6 is 0 Å². The van der Waals surface area contributed by atoms with Gasteiger partial charge < -0.3 is 20.4 Å². The Morgan fingerprint density at radius 1 is 1.00 bits per heavy atom. The highest BCUT2D eigenvalue weighted by atomic mass is 16.3. The molecule has 1 amide bonds. The largest absolute Gasteiger partial charge is 0.507 e. The van der Waals surface area contributed by atoms with Gasteiger partial charge in [0.15, 0.2) is 17.2 Å². The number of nitrogens with zero attached hydrogens (tertiary/aromatic N) is 1. The summed E-state index contributed by atoms with van der Waals surface area (Å²) in [6.45, 7) is 1.60. The van der Waals surface area contributed by atoms with Crippen LogP contribution in [0.3, 0.4) is 0 Å². The molecule has 0 fully saturated rings. The summed E-state index contributed by atoms with van der Waals surface area (Å²) in [6.07, 6.45) is 0. The van der Waals surface area contributed by atoms with E-state index in [9.17, 15) is 25.2 Å². The highest BCUT2D eigenvalue weighted by Crippen LogP contribution is 2.35. The number of hydrogen-bond acceptors (Lipinski definition) is 6. The molecule has 0 aliphatic rings. The highest BCUT2D eigenvalue weighted by Gasteiger charge is 2.13. The van der Waals surface area contributed by atoms with Gasteiger partial charge in [-0.1, -0.05) is 12.1 Å². The van der Waals surface area contributed by atoms with Gasteiger partial charge in [0.25, 0.3) is 5.91 Å². The quantitative estimate of drug-likeness (QED) is 0.335. The topological polar surface area (TPSA) is 122 Å². The lowest BCUT2D eigenvalue weighted by Gasteiger charge is -2.06. The summed E-state index contributed by atoms with van der Waals surface area (Å²) in [6, 6.07) is 8.49. The van der Waals surface area contributed by atoms with Crippen LogP contribution in [0.1, 0.15) is 22.8 Å². The number of carbonyl (C=O) groups is 1. The lowest BCUT2D eigenvalue weighted by Crippen LogP contribution is -2.19. The number of hydrogen-bond donors (Lipinski definition) is 5. The molecule has 0 spiro atoms. The lowest BCUT2D eigenvalue weighted by atomic mass is 10.1. The van der Waals surface area contributed by atoms with Crippen LogP contribution in [0, 0.1) is 0 Å². The van der Waals surface area contributed by atoms with Crippen molar-refractivity contribution < 1.29 is 25.2 Å². The number of hydrazone groups is 1. The number of nitrogens with one attached hydrogen (secondary N) is 1. The van der Waals surface area contributed by atoms with Crippen LogP contribution < -0.4 is 5.43 Å². The summed E-state index contributed by atoms with van der Waals surface area (Å²) < 4.78 is 0. The molecule has 0 aliphatic heterocycles. The number of aromatic hydroxyl groups is 4. The molecule has 0 heterocycles. The number of carbonyl (C=O) groups excluding carboxylic acids is 1. The third-order valence-corrected chi connectivity index (χ3v) is 2.95. The Morgan fingerprint density at radius 3 is 2.18 bits per heavy atom. The van der Waals surface area contributed by atoms with Crippen molar-refractivity contribution in [1.29, 1.82) is 0 Å². The third kappa shape index (κ3) is 3.09. The average Bonchev–Trinajstić information content (AvgIpc) is 2.49. The minimum Gasteiger partial charge on any atom is -0.507 e. The summed E-state index contributed by atoms with van der Waals surface area (Å²) in [5.41, 5.74) is 2.98. The molecule has 0 aromatic heterocycles. The minimum absolute atomic E-state index is 0.0259. The van der Waals surface area contributed by atoms with Crippen LogP contribution in [0.15, 0.2) is 41.5 Å². The van der Waals surface area contributed by atoms with Gasteiger partial charge in [-0.3, -0.25) is 4.79 Å². The highest BCUT2D eigenvalue weighted by molar-refractivity contribution is 6.02. The van der Waals surface area contributed by atoms with Crippen molar-refractivity contribution in [2.75, 3.05) is 0 Å². The maximum absolute atomic E-state index is 11.9. The van der Waals surface area contributed by atoms with Crippen LogP contribution in [-0.4, -0.2) is 32.0 Å². The lowest BCUT2D eigenvalue weighted by molar-refractivity contribution is 0.0954. The molecule has 114 valence electrons. The molecule has 5 N–H and O–H groups in total. The first-order chi connectivity index (χ1) is 10.4. The first-order valence-electron chi connectivity index (χ1n) is 6.28. The standard InChI is InChI=1S/C15H14N2O5/c1-8(10-4-2-3-5-11(10)18)16-17-15(22)9-6-12(19)14(21)13(20)7-9/h2-7,18-21H,1H3,(H,17,22)/b16-8-. The fourth-order valence-electron chi connectivity index (χ4n) is 1.77. The second-order valence-electron chi connectivity index (χ2n) is 4.52. The van der Waals surface area contributed by atoms with Gasteiger partial charge in [0.1, 0.15) is 5.75 Å². The van der Waals surface area contributed by atoms with E-state index in [1.165, 1.54) is 6.07 Å². The van der Waals surface area contributed by atoms with E-state index in [2.05, 4.69) is 10.5 Å². The van der Waals surface area contributed by atoms with E-state index < -0.39 is 23.2 Å². The number of rotatable bonds is 3. The second-order valence-corrected chi connectivity index (χ2v) is 4.52. The summed E-state index contributed by atoms with van der Waals surface area (Å²) in [4.78, 5) is 11.9. The molecule has 0 saturated carbocycles. The fraction of sp³-hybridized carbons (Fsp3) is 0.0667. The minimum atomic E-state index is -0.703. The van der Waals surface area contributed by atoms with E-state index in [0.717, 1.165) is 12.1 Å². The Kier molecular flexibility index (Phi) is 4.17. The fourth-order valence-corrected chi connectivity index (χ4v) is 1.77. The number of benzene rings is 2. The number of amides is 1. The van der Waals surface area contributed by atoms with Crippen molar-refractivity contribution in [1.82, 2.24) is 5.43 Å². The molecule has 0 aliphatic carbocycles. The Bertz CT molecular complexity index is 732. The molecule has 2 rings (SSSR count). The molecule has 7 heteroatoms. The van der Waals surface area contributed by atoms with E-state index in [0.29, 0.717) is 11.3 Å². The van der Waals surface area contributed by atoms with Crippen molar-refractivity contribution >= 4 is 11.6 Å². The van der Waals surface area contributed by atoms with Crippen LogP contribution in [-0.2, 0) is 0 Å². The van der Waals surface area contributed by atoms with Crippen molar-refractivity contribution in [2.24, 2.45) is 5.10 Å². The summed E-state index contributed by atoms with van der Waals surface area (Å²) in [5.74, 6) is -2.61. The summed E-state index contributed by atoms with van der Waals surface area (Å²) in [7, 11) is 0. The molecule has 0 saturated heterocycles. The zero-order chi connectivity index (χ0) is 16.3. The first-order valence-corrected chi connectivity index (χ1v) is 6.28. The molecule has 0 unspecified atom stereocenters. The SMILES string of the molecule is C/C(=N/NC(=O)c1cc(O)c(O)c(O)c1)c1ccccc1O. The van der Waals surface area contributed by atoms with Crippen LogP contribution in [0.5, 0.6) is 23.0 Å². The molecule has 0 atom stereocenters. The van der Waals surface area contributed by atoms with Gasteiger partial charge in [0, 0.05) is 11.1 Å². The third-order valence-electron chi connectivity index (χ3n) is 2.95. The summed E-state index contributed by atoms with van der Waals surface area (Å²) >= 11 is 0. The molecule has 7 nitrogen and oxygen atoms in total. The number of para-hydroxylation sites is 1. The van der Waals surface area contributed by atoms with Gasteiger partial charge in [-0.05, 0) is 31.2 Å². The molecular weight excluding hydrogens is 288 g/mol. The smallest absolute Gasteiger partial charge is 0.271 e. The van der Waals surface area contributed by atoms with Crippen molar-refractivity contribution in [3.05, 3.63) is 47.5 Å². The van der Waals surface area contributed by atoms with E-state index >= 15 is 0 Å². The molecular formula is C15H14N2O5. The maximum Gasteiger partial charge on any atom is 0.271 e. The van der Waals surface area contributed by atoms with Crippen molar-refractivity contribution in [3.8, 4) is 23.0 Å². The maximum atomic E-state index is 11.9. The van der Waals surface area contributed by atoms with Gasteiger partial charge in [0.05, 0.1) is 5.71 Å². The molecule has 22 heavy (non-hydrogen) atoms. The number of phenols is 4. The van der Waals surface area contributed by atoms with E-state index in [-0.39, 0.29) is 11.3 Å². The Labute approximate surface area is 125 Å². The predicted octanol–water partition coefficient (Wildman–Crippen LogP) is 1.66. The van der Waals surface area contributed by atoms with E-state index in [4.69, 9.17) is 0 Å². The normalized spacial score (nSPS) is 11.2. The average molecular weight is 302 g/mol. The number of phenolic OH excluding ortho intramolecular Hbond substituents is 4. The zero-order valence-corrected chi connectivity index (χ0v) is 11.6. The Morgan fingerprint density at radius 2 is 1.59 bits per heavy atom. The van der Waals surface area contributed by atoms with Crippen LogP contribution in [0.25, 0.3) is 0 Å². The Balaban J connectivity index is 2.19. The van der Waals surface area contributed by atoms with Gasteiger partial charge in [0.2, 0.25) is 0 Å². The molecule has 2 aromatic rings. The van der Waals surface area contributed by atoms with Crippen molar-refractivity contribution in [2.45, 2.75) is 6.92 Å². The second kappa shape index (κ2) is 6.04.